The molecule has 28 heavy (non-hydrogen) atoms. The normalized spacial score (nSPS) is 15.9. The number of carbonyl (C=O) groups excluding carboxylic acids is 2. The molecule has 146 valence electrons. The van der Waals surface area contributed by atoms with E-state index in [0.717, 1.165) is 18.7 Å². The van der Waals surface area contributed by atoms with E-state index < -0.39 is 11.8 Å². The predicted octanol–water partition coefficient (Wildman–Crippen LogP) is 3.92. The summed E-state index contributed by atoms with van der Waals surface area (Å²) in [5.41, 5.74) is 1.30. The summed E-state index contributed by atoms with van der Waals surface area (Å²) in [4.78, 5) is 28.7. The molecule has 1 aromatic heterocycles. The molecule has 3 rings (SSSR count). The number of benzene rings is 1. The Morgan fingerprint density at radius 2 is 1.93 bits per heavy atom. The van der Waals surface area contributed by atoms with E-state index in [1.165, 1.54) is 11.0 Å². The van der Waals surface area contributed by atoms with Gasteiger partial charge in [-0.2, -0.15) is 0 Å². The zero-order valence-corrected chi connectivity index (χ0v) is 17.4. The molecule has 0 atom stereocenters. The van der Waals surface area contributed by atoms with Gasteiger partial charge >= 0.3 is 0 Å². The van der Waals surface area contributed by atoms with Crippen LogP contribution in [0.5, 0.6) is 0 Å². The predicted molar refractivity (Wildman–Crippen MR) is 115 cm³/mol. The number of amides is 2. The second kappa shape index (κ2) is 8.16. The molecule has 0 saturated carbocycles. The van der Waals surface area contributed by atoms with Gasteiger partial charge in [-0.1, -0.05) is 17.7 Å². The van der Waals surface area contributed by atoms with E-state index >= 15 is 0 Å². The van der Waals surface area contributed by atoms with Gasteiger partial charge in [0.25, 0.3) is 11.8 Å². The Kier molecular flexibility index (Phi) is 5.86. The van der Waals surface area contributed by atoms with Crippen molar-refractivity contribution in [3.8, 4) is 0 Å². The molecule has 2 heterocycles. The van der Waals surface area contributed by atoms with Crippen LogP contribution in [-0.4, -0.2) is 30.0 Å². The van der Waals surface area contributed by atoms with Crippen molar-refractivity contribution in [1.82, 2.24) is 5.32 Å². The summed E-state index contributed by atoms with van der Waals surface area (Å²) in [7, 11) is 0. The minimum absolute atomic E-state index is 0.00958. The molecule has 0 radical (unpaired) electrons. The topological polar surface area (TPSA) is 65.8 Å². The molecule has 1 fully saturated rings. The van der Waals surface area contributed by atoms with Gasteiger partial charge in [0.15, 0.2) is 11.0 Å². The van der Waals surface area contributed by atoms with E-state index in [0.29, 0.717) is 22.4 Å². The molecule has 1 aliphatic heterocycles. The maximum atomic E-state index is 13.0. The smallest absolute Gasteiger partial charge is 0.270 e. The Hall–Kier alpha value is -2.64. The van der Waals surface area contributed by atoms with Crippen LogP contribution in [-0.2, 0) is 9.59 Å². The molecule has 0 bridgehead atoms. The molecule has 1 N–H and O–H groups in total. The lowest BCUT2D eigenvalue weighted by Gasteiger charge is -2.29. The zero-order valence-electron chi connectivity index (χ0n) is 15.8. The van der Waals surface area contributed by atoms with E-state index in [1.54, 1.807) is 24.3 Å². The SMILES string of the molecule is CCN(CC)c1ccc(/C=C2\C(=O)NC(=S)N(c3ccc(C)c(Cl)c3)C2=O)o1. The fraction of sp³-hybridized carbons (Fsp3) is 0.250. The average molecular weight is 418 g/mol. The highest BCUT2D eigenvalue weighted by atomic mass is 35.5. The summed E-state index contributed by atoms with van der Waals surface area (Å²) >= 11 is 11.4. The lowest BCUT2D eigenvalue weighted by molar-refractivity contribution is -0.122. The van der Waals surface area contributed by atoms with E-state index in [9.17, 15) is 9.59 Å². The summed E-state index contributed by atoms with van der Waals surface area (Å²) in [6, 6.07) is 8.69. The molecule has 2 aromatic rings. The number of thiocarbonyl (C=S) groups is 1. The number of carbonyl (C=O) groups is 2. The highest BCUT2D eigenvalue weighted by Gasteiger charge is 2.35. The van der Waals surface area contributed by atoms with E-state index in [1.807, 2.05) is 31.7 Å². The first kappa shape index (κ1) is 20.1. The molecule has 1 saturated heterocycles. The minimum Gasteiger partial charge on any atom is -0.441 e. The summed E-state index contributed by atoms with van der Waals surface area (Å²) < 4.78 is 5.77. The molecule has 8 heteroatoms. The number of hydrogen-bond donors (Lipinski definition) is 1. The second-order valence-corrected chi connectivity index (χ2v) is 7.03. The number of furan rings is 1. The number of anilines is 2. The van der Waals surface area contributed by atoms with Gasteiger partial charge in [-0.15, -0.1) is 0 Å². The van der Waals surface area contributed by atoms with Crippen LogP contribution in [0.15, 0.2) is 40.3 Å². The monoisotopic (exact) mass is 417 g/mol. The van der Waals surface area contributed by atoms with Crippen molar-refractivity contribution in [2.45, 2.75) is 20.8 Å². The second-order valence-electron chi connectivity index (χ2n) is 6.24. The zero-order chi connectivity index (χ0) is 20.4. The number of nitrogens with one attached hydrogen (secondary N) is 1. The molecule has 6 nitrogen and oxygen atoms in total. The molecular weight excluding hydrogens is 398 g/mol. The van der Waals surface area contributed by atoms with Crippen LogP contribution in [0.1, 0.15) is 25.2 Å². The third-order valence-electron chi connectivity index (χ3n) is 4.49. The maximum absolute atomic E-state index is 13.0. The van der Waals surface area contributed by atoms with Crippen LogP contribution >= 0.6 is 23.8 Å². The van der Waals surface area contributed by atoms with Crippen molar-refractivity contribution < 1.29 is 14.0 Å². The molecular formula is C20H20ClN3O3S. The van der Waals surface area contributed by atoms with Gasteiger partial charge in [0.2, 0.25) is 0 Å². The number of hydrogen-bond acceptors (Lipinski definition) is 5. The van der Waals surface area contributed by atoms with Gasteiger partial charge in [0, 0.05) is 24.2 Å². The first-order valence-corrected chi connectivity index (χ1v) is 9.66. The first-order valence-electron chi connectivity index (χ1n) is 8.88. The molecule has 0 aliphatic carbocycles. The summed E-state index contributed by atoms with van der Waals surface area (Å²) in [5, 5.41) is 3.06. The standard InChI is InChI=1S/C20H20ClN3O3S/c1-4-23(5-2)17-9-8-14(27-17)11-15-18(25)22-20(28)24(19(15)26)13-7-6-12(3)16(21)10-13/h6-11H,4-5H2,1-3H3,(H,22,25,28)/b15-11+. The number of halogens is 1. The van der Waals surface area contributed by atoms with Crippen LogP contribution in [0.2, 0.25) is 5.02 Å². The van der Waals surface area contributed by atoms with Gasteiger partial charge in [0.1, 0.15) is 11.3 Å². The van der Waals surface area contributed by atoms with Crippen molar-refractivity contribution >= 4 is 58.4 Å². The highest BCUT2D eigenvalue weighted by molar-refractivity contribution is 7.80. The molecule has 0 spiro atoms. The van der Waals surface area contributed by atoms with Crippen molar-refractivity contribution in [3.05, 3.63) is 52.3 Å². The molecule has 1 aromatic carbocycles. The van der Waals surface area contributed by atoms with Crippen molar-refractivity contribution in [1.29, 1.82) is 0 Å². The lowest BCUT2D eigenvalue weighted by Crippen LogP contribution is -2.54. The minimum atomic E-state index is -0.565. The Morgan fingerprint density at radius 3 is 2.57 bits per heavy atom. The lowest BCUT2D eigenvalue weighted by atomic mass is 10.1. The molecule has 1 aliphatic rings. The summed E-state index contributed by atoms with van der Waals surface area (Å²) in [6.45, 7) is 7.48. The van der Waals surface area contributed by atoms with Gasteiger partial charge in [-0.3, -0.25) is 19.8 Å². The van der Waals surface area contributed by atoms with Gasteiger partial charge in [0.05, 0.1) is 5.69 Å². The fourth-order valence-corrected chi connectivity index (χ4v) is 3.34. The van der Waals surface area contributed by atoms with Crippen LogP contribution in [0, 0.1) is 6.92 Å². The first-order chi connectivity index (χ1) is 13.3. The maximum Gasteiger partial charge on any atom is 0.270 e. The van der Waals surface area contributed by atoms with Crippen LogP contribution in [0.4, 0.5) is 11.6 Å². The number of aryl methyl sites for hydroxylation is 1. The van der Waals surface area contributed by atoms with Gasteiger partial charge < -0.3 is 9.32 Å². The van der Waals surface area contributed by atoms with Crippen molar-refractivity contribution in [2.75, 3.05) is 22.9 Å². The van der Waals surface area contributed by atoms with Crippen molar-refractivity contribution in [3.63, 3.8) is 0 Å². The van der Waals surface area contributed by atoms with E-state index in [4.69, 9.17) is 28.2 Å². The van der Waals surface area contributed by atoms with Crippen LogP contribution in [0.3, 0.4) is 0 Å². The third kappa shape index (κ3) is 3.81. The highest BCUT2D eigenvalue weighted by Crippen LogP contribution is 2.27. The Labute approximate surface area is 173 Å². The molecule has 0 unspecified atom stereocenters. The Morgan fingerprint density at radius 1 is 1.21 bits per heavy atom. The number of nitrogens with zero attached hydrogens (tertiary/aromatic N) is 2. The van der Waals surface area contributed by atoms with E-state index in [-0.39, 0.29) is 10.7 Å². The summed E-state index contributed by atoms with van der Waals surface area (Å²) in [6.07, 6.45) is 1.43. The van der Waals surface area contributed by atoms with Crippen LogP contribution < -0.4 is 15.1 Å². The Balaban J connectivity index is 1.95. The molecule has 2 amide bonds. The fourth-order valence-electron chi connectivity index (χ4n) is 2.88. The number of rotatable bonds is 5. The van der Waals surface area contributed by atoms with Gasteiger partial charge in [-0.25, -0.2) is 0 Å². The third-order valence-corrected chi connectivity index (χ3v) is 5.18. The van der Waals surface area contributed by atoms with Crippen molar-refractivity contribution in [2.24, 2.45) is 0 Å². The quantitative estimate of drug-likeness (QED) is 0.453. The Bertz CT molecular complexity index is 979. The summed E-state index contributed by atoms with van der Waals surface area (Å²) in [5.74, 6) is -0.00646. The van der Waals surface area contributed by atoms with Gasteiger partial charge in [-0.05, 0) is 62.8 Å². The van der Waals surface area contributed by atoms with Crippen LogP contribution in [0.25, 0.3) is 6.08 Å². The largest absolute Gasteiger partial charge is 0.441 e. The van der Waals surface area contributed by atoms with E-state index in [2.05, 4.69) is 5.32 Å². The average Bonchev–Trinajstić information content (AvgIpc) is 3.11.